The number of anilines is 1. The zero-order chi connectivity index (χ0) is 14.3. The number of carbonyl (C=O) groups excluding carboxylic acids is 1. The molecule has 0 atom stereocenters. The second-order valence-electron chi connectivity index (χ2n) is 4.40. The van der Waals surface area contributed by atoms with Crippen molar-refractivity contribution in [2.45, 2.75) is 31.5 Å². The number of nitrogens with zero attached hydrogens (tertiary/aromatic N) is 2. The van der Waals surface area contributed by atoms with Crippen LogP contribution in [0, 0.1) is 6.92 Å². The van der Waals surface area contributed by atoms with Crippen molar-refractivity contribution >= 4 is 11.9 Å². The highest BCUT2D eigenvalue weighted by molar-refractivity contribution is 5.93. The number of aryl methyl sites for hydroxylation is 1. The lowest BCUT2D eigenvalue weighted by atomic mass is 10.2. The van der Waals surface area contributed by atoms with Crippen LogP contribution >= 0.6 is 0 Å². The summed E-state index contributed by atoms with van der Waals surface area (Å²) in [5, 5.41) is 1.98. The molecule has 2 rings (SSSR count). The minimum Gasteiger partial charge on any atom is -0.336 e. The number of halogens is 3. The Bertz CT molecular complexity index is 512. The Morgan fingerprint density at radius 3 is 2.53 bits per heavy atom. The minimum absolute atomic E-state index is 0.0259. The minimum atomic E-state index is -4.46. The summed E-state index contributed by atoms with van der Waals surface area (Å²) in [6.45, 7) is 1.58. The third-order valence-corrected chi connectivity index (χ3v) is 2.86. The lowest BCUT2D eigenvalue weighted by Gasteiger charge is -2.20. The lowest BCUT2D eigenvalue weighted by Crippen LogP contribution is -2.48. The Hall–Kier alpha value is -1.90. The zero-order valence-electron chi connectivity index (χ0n) is 10.0. The molecule has 1 aliphatic rings. The highest BCUT2D eigenvalue weighted by Crippen LogP contribution is 2.48. The molecule has 0 aromatic carbocycles. The van der Waals surface area contributed by atoms with Crippen molar-refractivity contribution in [2.24, 2.45) is 5.84 Å². The summed E-state index contributed by atoms with van der Waals surface area (Å²) in [6.07, 6.45) is -4.69. The van der Waals surface area contributed by atoms with Crippen LogP contribution in [-0.2, 0) is 0 Å². The number of aromatic nitrogens is 2. The molecule has 1 amide bonds. The largest absolute Gasteiger partial charge is 0.411 e. The van der Waals surface area contributed by atoms with Gasteiger partial charge in [-0.1, -0.05) is 0 Å². The van der Waals surface area contributed by atoms with E-state index >= 15 is 0 Å². The van der Waals surface area contributed by atoms with Crippen molar-refractivity contribution in [1.82, 2.24) is 15.3 Å². The first kappa shape index (κ1) is 13.5. The number of nitrogens with one attached hydrogen (secondary N) is 2. The molecule has 104 valence electrons. The van der Waals surface area contributed by atoms with E-state index in [4.69, 9.17) is 5.84 Å². The molecule has 0 aliphatic heterocycles. The fourth-order valence-electron chi connectivity index (χ4n) is 1.64. The van der Waals surface area contributed by atoms with Crippen LogP contribution in [0.4, 0.5) is 19.1 Å². The number of amides is 1. The number of hydrazine groups is 1. The van der Waals surface area contributed by atoms with Gasteiger partial charge in [0.15, 0.2) is 0 Å². The zero-order valence-corrected chi connectivity index (χ0v) is 10.0. The Labute approximate surface area is 106 Å². The second-order valence-corrected chi connectivity index (χ2v) is 4.40. The summed E-state index contributed by atoms with van der Waals surface area (Å²) in [7, 11) is 0. The molecule has 0 radical (unpaired) electrons. The number of hydrogen-bond acceptors (Lipinski definition) is 5. The van der Waals surface area contributed by atoms with Crippen LogP contribution in [0.3, 0.4) is 0 Å². The summed E-state index contributed by atoms with van der Waals surface area (Å²) in [6, 6.07) is 1.29. The Morgan fingerprint density at radius 2 is 2.05 bits per heavy atom. The van der Waals surface area contributed by atoms with E-state index in [0.717, 1.165) is 0 Å². The maximum Gasteiger partial charge on any atom is 0.411 e. The van der Waals surface area contributed by atoms with Crippen LogP contribution < -0.4 is 16.6 Å². The smallest absolute Gasteiger partial charge is 0.336 e. The van der Waals surface area contributed by atoms with Crippen LogP contribution in [0.15, 0.2) is 6.07 Å². The molecule has 0 saturated heterocycles. The van der Waals surface area contributed by atoms with E-state index < -0.39 is 17.6 Å². The van der Waals surface area contributed by atoms with Gasteiger partial charge < -0.3 is 5.32 Å². The standard InChI is InChI=1S/C10H12F3N5O/c1-5-4-6(16-8(15-5)18-14)7(19)17-9(2-3-9)10(11,12)13/h4H,2-3,14H2,1H3,(H,17,19)(H,15,16,18). The predicted molar refractivity (Wildman–Crippen MR) is 60.1 cm³/mol. The fraction of sp³-hybridized carbons (Fsp3) is 0.500. The van der Waals surface area contributed by atoms with Crippen LogP contribution in [0.1, 0.15) is 29.0 Å². The Kier molecular flexibility index (Phi) is 3.09. The summed E-state index contributed by atoms with van der Waals surface area (Å²) in [4.78, 5) is 19.4. The molecule has 4 N–H and O–H groups in total. The number of rotatable bonds is 3. The quantitative estimate of drug-likeness (QED) is 0.563. The molecule has 19 heavy (non-hydrogen) atoms. The van der Waals surface area contributed by atoms with Gasteiger partial charge in [0.05, 0.1) is 0 Å². The third kappa shape index (κ3) is 2.60. The fourth-order valence-corrected chi connectivity index (χ4v) is 1.64. The molecule has 1 aromatic rings. The molecular formula is C10H12F3N5O. The van der Waals surface area contributed by atoms with Gasteiger partial charge in [-0.05, 0) is 25.8 Å². The molecule has 0 spiro atoms. The molecule has 1 heterocycles. The third-order valence-electron chi connectivity index (χ3n) is 2.86. The maximum atomic E-state index is 12.7. The molecule has 1 aromatic heterocycles. The van der Waals surface area contributed by atoms with E-state index in [2.05, 4.69) is 15.4 Å². The summed E-state index contributed by atoms with van der Waals surface area (Å²) < 4.78 is 38.2. The van der Waals surface area contributed by atoms with Gasteiger partial charge in [0.2, 0.25) is 5.95 Å². The molecule has 1 saturated carbocycles. The SMILES string of the molecule is Cc1cc(C(=O)NC2(C(F)(F)F)CC2)nc(NN)n1. The van der Waals surface area contributed by atoms with Crippen molar-refractivity contribution < 1.29 is 18.0 Å². The summed E-state index contributed by atoms with van der Waals surface area (Å²) >= 11 is 0. The van der Waals surface area contributed by atoms with E-state index in [0.29, 0.717) is 5.69 Å². The van der Waals surface area contributed by atoms with Gasteiger partial charge in [0.25, 0.3) is 5.91 Å². The average Bonchev–Trinajstić information content (AvgIpc) is 3.08. The van der Waals surface area contributed by atoms with Gasteiger partial charge in [0.1, 0.15) is 11.2 Å². The van der Waals surface area contributed by atoms with Crippen LogP contribution in [0.5, 0.6) is 0 Å². The van der Waals surface area contributed by atoms with Crippen LogP contribution in [-0.4, -0.2) is 27.6 Å². The summed E-state index contributed by atoms with van der Waals surface area (Å²) in [5.74, 6) is 4.19. The van der Waals surface area contributed by atoms with Gasteiger partial charge in [-0.3, -0.25) is 10.2 Å². The van der Waals surface area contributed by atoms with Crippen LogP contribution in [0.25, 0.3) is 0 Å². The number of nitrogens with two attached hydrogens (primary N) is 1. The van der Waals surface area contributed by atoms with Crippen molar-refractivity contribution in [3.63, 3.8) is 0 Å². The van der Waals surface area contributed by atoms with E-state index in [1.165, 1.54) is 6.07 Å². The number of alkyl halides is 3. The first-order chi connectivity index (χ1) is 8.77. The maximum absolute atomic E-state index is 12.7. The molecule has 0 unspecified atom stereocenters. The normalized spacial score (nSPS) is 16.9. The Balaban J connectivity index is 2.19. The van der Waals surface area contributed by atoms with E-state index in [-0.39, 0.29) is 24.5 Å². The van der Waals surface area contributed by atoms with Gasteiger partial charge in [-0.15, -0.1) is 0 Å². The molecule has 0 bridgehead atoms. The summed E-state index contributed by atoms with van der Waals surface area (Å²) in [5.41, 5.74) is 0.300. The molecule has 9 heteroatoms. The van der Waals surface area contributed by atoms with E-state index in [9.17, 15) is 18.0 Å². The van der Waals surface area contributed by atoms with Gasteiger partial charge in [0, 0.05) is 5.69 Å². The van der Waals surface area contributed by atoms with Crippen molar-refractivity contribution in [1.29, 1.82) is 0 Å². The lowest BCUT2D eigenvalue weighted by molar-refractivity contribution is -0.163. The second kappa shape index (κ2) is 4.34. The Morgan fingerprint density at radius 1 is 1.42 bits per heavy atom. The number of hydrogen-bond donors (Lipinski definition) is 3. The number of nitrogen functional groups attached to an aromatic ring is 1. The molecule has 1 fully saturated rings. The average molecular weight is 275 g/mol. The first-order valence-electron chi connectivity index (χ1n) is 5.49. The predicted octanol–water partition coefficient (Wildman–Crippen LogP) is 0.895. The van der Waals surface area contributed by atoms with E-state index in [1.807, 2.05) is 5.32 Å². The van der Waals surface area contributed by atoms with Crippen LogP contribution in [0.2, 0.25) is 0 Å². The monoisotopic (exact) mass is 275 g/mol. The topological polar surface area (TPSA) is 92.9 Å². The van der Waals surface area contributed by atoms with Crippen molar-refractivity contribution in [2.75, 3.05) is 5.43 Å². The van der Waals surface area contributed by atoms with E-state index in [1.54, 1.807) is 6.92 Å². The van der Waals surface area contributed by atoms with Gasteiger partial charge in [-0.2, -0.15) is 13.2 Å². The molecular weight excluding hydrogens is 263 g/mol. The molecule has 6 nitrogen and oxygen atoms in total. The van der Waals surface area contributed by atoms with Crippen molar-refractivity contribution in [3.05, 3.63) is 17.5 Å². The van der Waals surface area contributed by atoms with Gasteiger partial charge >= 0.3 is 6.18 Å². The first-order valence-corrected chi connectivity index (χ1v) is 5.49. The highest BCUT2D eigenvalue weighted by Gasteiger charge is 2.64. The highest BCUT2D eigenvalue weighted by atomic mass is 19.4. The van der Waals surface area contributed by atoms with Gasteiger partial charge in [-0.25, -0.2) is 15.8 Å². The van der Waals surface area contributed by atoms with Crippen molar-refractivity contribution in [3.8, 4) is 0 Å². The number of carbonyl (C=O) groups is 1. The molecule has 1 aliphatic carbocycles.